The summed E-state index contributed by atoms with van der Waals surface area (Å²) in [6.07, 6.45) is -1.43. The van der Waals surface area contributed by atoms with Crippen LogP contribution in [0.25, 0.3) is 33.3 Å². The van der Waals surface area contributed by atoms with Gasteiger partial charge in [0.15, 0.2) is 0 Å². The van der Waals surface area contributed by atoms with Crippen LogP contribution in [0, 0.1) is 6.92 Å². The largest absolute Gasteiger partial charge is 0.481 e. The van der Waals surface area contributed by atoms with E-state index in [1.807, 2.05) is 29.2 Å². The van der Waals surface area contributed by atoms with Gasteiger partial charge in [0.1, 0.15) is 16.9 Å². The molecule has 8 rings (SSSR count). The van der Waals surface area contributed by atoms with Gasteiger partial charge in [0.25, 0.3) is 5.56 Å². The molecular formula is C42H44ClF3N8O5. The van der Waals surface area contributed by atoms with Crippen molar-refractivity contribution in [1.82, 2.24) is 34.2 Å². The molecule has 1 aliphatic carbocycles. The maximum Gasteiger partial charge on any atom is 0.433 e. The summed E-state index contributed by atoms with van der Waals surface area (Å²) in [5, 5.41) is 6.53. The third-order valence-corrected chi connectivity index (χ3v) is 12.5. The number of alkyl halides is 3. The molecular weight excluding hydrogens is 789 g/mol. The first-order valence-corrected chi connectivity index (χ1v) is 19.7. The first kappa shape index (κ1) is 40.3. The second kappa shape index (κ2) is 15.3. The Morgan fingerprint density at radius 1 is 0.983 bits per heavy atom. The van der Waals surface area contributed by atoms with E-state index in [-0.39, 0.29) is 34.3 Å². The summed E-state index contributed by atoms with van der Waals surface area (Å²) in [7, 11) is 5.81. The van der Waals surface area contributed by atoms with Gasteiger partial charge in [-0.15, -0.1) is 0 Å². The van der Waals surface area contributed by atoms with Crippen molar-refractivity contribution < 1.29 is 27.4 Å². The smallest absolute Gasteiger partial charge is 0.433 e. The molecule has 2 saturated heterocycles. The second-order valence-corrected chi connectivity index (χ2v) is 15.9. The number of aromatic nitrogens is 4. The lowest BCUT2D eigenvalue weighted by Gasteiger charge is -2.40. The molecule has 2 fully saturated rings. The molecule has 310 valence electrons. The minimum absolute atomic E-state index is 0.0503. The Morgan fingerprint density at radius 2 is 1.71 bits per heavy atom. The minimum atomic E-state index is -4.85. The number of carbonyl (C=O) groups is 1. The van der Waals surface area contributed by atoms with E-state index in [0.717, 1.165) is 59.0 Å². The van der Waals surface area contributed by atoms with Crippen molar-refractivity contribution in [3.63, 3.8) is 0 Å². The molecule has 59 heavy (non-hydrogen) atoms. The average Bonchev–Trinajstić information content (AvgIpc) is 3.83. The first-order chi connectivity index (χ1) is 28.1. The number of hydrogen-bond acceptors (Lipinski definition) is 9. The summed E-state index contributed by atoms with van der Waals surface area (Å²) in [6.45, 7) is 5.12. The zero-order valence-electron chi connectivity index (χ0n) is 33.3. The highest BCUT2D eigenvalue weighted by Crippen LogP contribution is 2.47. The summed E-state index contributed by atoms with van der Waals surface area (Å²) < 4.78 is 55.1. The van der Waals surface area contributed by atoms with Gasteiger partial charge in [0.05, 0.1) is 35.5 Å². The number of hydrogen-bond donors (Lipinski definition) is 2. The maximum atomic E-state index is 14.1. The lowest BCUT2D eigenvalue weighted by atomic mass is 9.92. The summed E-state index contributed by atoms with van der Waals surface area (Å²) in [5.74, 6) is 0.184. The van der Waals surface area contributed by atoms with Gasteiger partial charge in [-0.05, 0) is 67.5 Å². The van der Waals surface area contributed by atoms with E-state index in [9.17, 15) is 27.6 Å². The molecule has 13 nitrogen and oxygen atoms in total. The van der Waals surface area contributed by atoms with E-state index in [1.54, 1.807) is 33.3 Å². The molecule has 2 unspecified atom stereocenters. The number of halogens is 4. The summed E-state index contributed by atoms with van der Waals surface area (Å²) >= 11 is 7.23. The molecule has 5 heterocycles. The number of aryl methyl sites for hydroxylation is 2. The Hall–Kier alpha value is -5.45. The lowest BCUT2D eigenvalue weighted by molar-refractivity contribution is -0.141. The molecule has 2 amide bonds. The lowest BCUT2D eigenvalue weighted by Crippen LogP contribution is -2.61. The number of rotatable bonds is 9. The van der Waals surface area contributed by atoms with Crippen molar-refractivity contribution in [3.8, 4) is 28.3 Å². The third kappa shape index (κ3) is 7.10. The van der Waals surface area contributed by atoms with Gasteiger partial charge in [0, 0.05) is 75.8 Å². The highest BCUT2D eigenvalue weighted by atomic mass is 35.5. The molecule has 3 aromatic heterocycles. The van der Waals surface area contributed by atoms with Crippen LogP contribution in [0.4, 0.5) is 29.5 Å². The van der Waals surface area contributed by atoms with Crippen molar-refractivity contribution >= 4 is 40.0 Å². The van der Waals surface area contributed by atoms with Crippen molar-refractivity contribution in [2.75, 3.05) is 52.3 Å². The van der Waals surface area contributed by atoms with E-state index in [4.69, 9.17) is 26.1 Å². The summed E-state index contributed by atoms with van der Waals surface area (Å²) in [6, 6.07) is 13.7. The number of benzene rings is 2. The third-order valence-electron chi connectivity index (χ3n) is 12.1. The van der Waals surface area contributed by atoms with E-state index >= 15 is 0 Å². The van der Waals surface area contributed by atoms with E-state index in [2.05, 4.69) is 26.6 Å². The number of likely N-dealkylation sites (tertiary alicyclic amines) is 1. The number of pyridine rings is 2. The molecule has 0 saturated carbocycles. The number of methoxy groups -OCH3 is 2. The Labute approximate surface area is 342 Å². The Bertz CT molecular complexity index is 2630. The van der Waals surface area contributed by atoms with Gasteiger partial charge in [-0.25, -0.2) is 19.6 Å². The maximum absolute atomic E-state index is 14.1. The van der Waals surface area contributed by atoms with Gasteiger partial charge in [-0.2, -0.15) is 13.2 Å². The number of anilines is 2. The Kier molecular flexibility index (Phi) is 10.5. The van der Waals surface area contributed by atoms with Gasteiger partial charge in [-0.3, -0.25) is 18.8 Å². The zero-order chi connectivity index (χ0) is 42.0. The van der Waals surface area contributed by atoms with Crippen molar-refractivity contribution in [2.45, 2.75) is 50.4 Å². The summed E-state index contributed by atoms with van der Waals surface area (Å²) in [5.41, 5.74) is 2.53. The van der Waals surface area contributed by atoms with Crippen LogP contribution in [0.1, 0.15) is 47.7 Å². The minimum Gasteiger partial charge on any atom is -0.481 e. The standard InChI is InChI=1S/C42H44ClF3N8O5/c1-23-25(8-7-11-28(23)47-36-34-31(21-32(49-36)42(44,45)46)51(2)40(57)52(3)38(34)55)26-9-6-10-27(35(26)43)29-20-24-12-13-30(33(24)37(48-29)59-5)54-17-15-41(22-54)14-16-53(18-19-58-4)39(56)50-41/h6-11,20-21,30H,12-19,22H2,1-5H3,(H,47,49)(H,50,56). The monoisotopic (exact) mass is 832 g/mol. The zero-order valence-corrected chi connectivity index (χ0v) is 34.1. The molecule has 0 bridgehead atoms. The number of nitrogens with one attached hydrogen (secondary N) is 2. The van der Waals surface area contributed by atoms with Gasteiger partial charge >= 0.3 is 17.9 Å². The highest BCUT2D eigenvalue weighted by molar-refractivity contribution is 6.36. The molecule has 2 aromatic carbocycles. The van der Waals surface area contributed by atoms with E-state index in [0.29, 0.717) is 70.3 Å². The van der Waals surface area contributed by atoms with Gasteiger partial charge < -0.3 is 25.0 Å². The second-order valence-electron chi connectivity index (χ2n) is 15.5. The number of nitrogens with zero attached hydrogens (tertiary/aromatic N) is 6. The van der Waals surface area contributed by atoms with Gasteiger partial charge in [-0.1, -0.05) is 41.9 Å². The van der Waals surface area contributed by atoms with E-state index < -0.39 is 23.1 Å². The van der Waals surface area contributed by atoms with E-state index in [1.165, 1.54) is 14.1 Å². The fourth-order valence-corrected chi connectivity index (χ4v) is 9.23. The van der Waals surface area contributed by atoms with Crippen LogP contribution in [-0.2, 0) is 31.4 Å². The first-order valence-electron chi connectivity index (χ1n) is 19.4. The number of amides is 2. The van der Waals surface area contributed by atoms with Gasteiger partial charge in [0.2, 0.25) is 5.88 Å². The van der Waals surface area contributed by atoms with Crippen LogP contribution in [0.2, 0.25) is 5.02 Å². The molecule has 5 aromatic rings. The fraction of sp³-hybridized carbons (Fsp3) is 0.405. The topological polar surface area (TPSA) is 136 Å². The molecule has 17 heteroatoms. The highest BCUT2D eigenvalue weighted by Gasteiger charge is 2.46. The fourth-order valence-electron chi connectivity index (χ4n) is 8.90. The number of ether oxygens (including phenoxy) is 2. The van der Waals surface area contributed by atoms with Crippen molar-refractivity contribution in [3.05, 3.63) is 96.8 Å². The van der Waals surface area contributed by atoms with Crippen LogP contribution in [0.15, 0.2) is 58.1 Å². The quantitative estimate of drug-likeness (QED) is 0.169. The van der Waals surface area contributed by atoms with Crippen LogP contribution in [-0.4, -0.2) is 87.5 Å². The SMILES string of the molecule is COCCN1CCC2(CCN(C3CCc4cc(-c5cccc(-c6cccc(Nc7nc(C(F)(F)F)cc8c7c(=O)n(C)c(=O)n8C)c6C)c5Cl)nc(OC)c43)C2)NC1=O. The summed E-state index contributed by atoms with van der Waals surface area (Å²) in [4.78, 5) is 52.0. The average molecular weight is 833 g/mol. The van der Waals surface area contributed by atoms with Crippen LogP contribution in [0.3, 0.4) is 0 Å². The molecule has 3 aliphatic rings. The molecule has 2 N–H and O–H groups in total. The number of fused-ring (bicyclic) bond motifs is 2. The Balaban J connectivity index is 1.10. The predicted octanol–water partition coefficient (Wildman–Crippen LogP) is 6.59. The molecule has 0 radical (unpaired) electrons. The van der Waals surface area contributed by atoms with Crippen molar-refractivity contribution in [1.29, 1.82) is 0 Å². The molecule has 2 atom stereocenters. The predicted molar refractivity (Wildman–Crippen MR) is 218 cm³/mol. The number of urea groups is 1. The van der Waals surface area contributed by atoms with Crippen molar-refractivity contribution in [2.24, 2.45) is 14.1 Å². The van der Waals surface area contributed by atoms with Crippen LogP contribution >= 0.6 is 11.6 Å². The molecule has 1 spiro atoms. The Morgan fingerprint density at radius 3 is 2.44 bits per heavy atom. The normalized spacial score (nSPS) is 19.4. The number of carbonyl (C=O) groups excluding carboxylic acids is 1. The van der Waals surface area contributed by atoms with Crippen LogP contribution in [0.5, 0.6) is 5.88 Å². The van der Waals surface area contributed by atoms with Crippen LogP contribution < -0.4 is 26.6 Å². The molecule has 2 aliphatic heterocycles.